The van der Waals surface area contributed by atoms with Gasteiger partial charge in [0.1, 0.15) is 16.9 Å². The number of aromatic nitrogens is 2. The van der Waals surface area contributed by atoms with Crippen LogP contribution in [0.4, 0.5) is 0 Å². The zero-order valence-corrected chi connectivity index (χ0v) is 39.6. The van der Waals surface area contributed by atoms with Crippen LogP contribution in [0.15, 0.2) is 97.1 Å². The summed E-state index contributed by atoms with van der Waals surface area (Å²) in [5.74, 6) is 1.65. The van der Waals surface area contributed by atoms with Crippen LogP contribution < -0.4 is 4.74 Å². The fraction of sp³-hybridized carbons (Fsp3) is 0.382. The summed E-state index contributed by atoms with van der Waals surface area (Å²) in [6.07, 6.45) is 0. The average molecular weight is 958 g/mol. The summed E-state index contributed by atoms with van der Waals surface area (Å²) in [4.78, 5) is 11.9. The number of rotatable bonds is 2. The van der Waals surface area contributed by atoms with Crippen molar-refractivity contribution in [3.8, 4) is 34.0 Å². The Bertz CT molecular complexity index is 2500. The van der Waals surface area contributed by atoms with E-state index in [0.29, 0.717) is 0 Å². The Morgan fingerprint density at radius 3 is 1.20 bits per heavy atom. The second kappa shape index (κ2) is 13.1. The van der Waals surface area contributed by atoms with Crippen molar-refractivity contribution in [3.05, 3.63) is 165 Å². The fourth-order valence-corrected chi connectivity index (χ4v) is 10.1. The summed E-state index contributed by atoms with van der Waals surface area (Å²) >= 11 is 0. The van der Waals surface area contributed by atoms with Gasteiger partial charge in [0.05, 0.1) is 11.4 Å². The largest absolute Gasteiger partial charge is 2.00 e. The standard InChI is InChI=1S/C55H58N2O.Pt/c1-49(2,3)33-23-27-43-41(31-33)55(42-32-34(50(4,5)6)24-28-44(42)58-43,45-29-25-39-47(56-45)35-19-15-17-21-37(35)51(7,8)53(39,11)12)46-30-26-40-48(57-46)36-20-16-18-22-38(36)52(9,10)54(40,13)14;/h15-18,21-32H,1-14H3;/q-2;+2. The van der Waals surface area contributed by atoms with E-state index >= 15 is 0 Å². The zero-order chi connectivity index (χ0) is 41.6. The summed E-state index contributed by atoms with van der Waals surface area (Å²) in [6, 6.07) is 43.1. The van der Waals surface area contributed by atoms with Crippen LogP contribution in [0.2, 0.25) is 0 Å². The van der Waals surface area contributed by atoms with Gasteiger partial charge in [-0.15, -0.1) is 70.8 Å². The first-order valence-corrected chi connectivity index (χ1v) is 21.1. The molecule has 0 atom stereocenters. The van der Waals surface area contributed by atoms with Crippen LogP contribution in [0.5, 0.6) is 11.5 Å². The number of pyridine rings is 2. The van der Waals surface area contributed by atoms with E-state index in [1.807, 2.05) is 12.1 Å². The minimum Gasteiger partial charge on any atom is -0.457 e. The topological polar surface area (TPSA) is 35.0 Å². The molecule has 59 heavy (non-hydrogen) atoms. The molecule has 0 unspecified atom stereocenters. The molecule has 0 bridgehead atoms. The van der Waals surface area contributed by atoms with Crippen molar-refractivity contribution in [2.45, 2.75) is 135 Å². The predicted octanol–water partition coefficient (Wildman–Crippen LogP) is 13.6. The third kappa shape index (κ3) is 5.62. The molecule has 9 rings (SSSR count). The molecule has 2 aromatic heterocycles. The normalized spacial score (nSPS) is 18.3. The van der Waals surface area contributed by atoms with E-state index in [4.69, 9.17) is 14.7 Å². The molecule has 0 fully saturated rings. The van der Waals surface area contributed by atoms with E-state index in [1.54, 1.807) is 0 Å². The quantitative estimate of drug-likeness (QED) is 0.162. The molecule has 304 valence electrons. The van der Waals surface area contributed by atoms with Crippen molar-refractivity contribution >= 4 is 0 Å². The van der Waals surface area contributed by atoms with Gasteiger partial charge >= 0.3 is 21.1 Å². The van der Waals surface area contributed by atoms with E-state index in [9.17, 15) is 0 Å². The molecule has 0 spiro atoms. The molecule has 4 heteroatoms. The Labute approximate surface area is 367 Å². The summed E-state index contributed by atoms with van der Waals surface area (Å²) in [7, 11) is 0. The summed E-state index contributed by atoms with van der Waals surface area (Å²) < 4.78 is 7.00. The van der Waals surface area contributed by atoms with Gasteiger partial charge in [-0.25, -0.2) is 0 Å². The van der Waals surface area contributed by atoms with Crippen molar-refractivity contribution in [1.29, 1.82) is 0 Å². The first-order chi connectivity index (χ1) is 27.0. The molecular weight excluding hydrogens is 900 g/mol. The first-order valence-electron chi connectivity index (χ1n) is 21.1. The second-order valence-electron chi connectivity index (χ2n) is 21.4. The third-order valence-electron chi connectivity index (χ3n) is 15.3. The molecule has 3 aliphatic rings. The van der Waals surface area contributed by atoms with E-state index in [1.165, 1.54) is 33.4 Å². The van der Waals surface area contributed by atoms with Gasteiger partial charge in [0.2, 0.25) is 0 Å². The van der Waals surface area contributed by atoms with E-state index in [2.05, 4.69) is 194 Å². The van der Waals surface area contributed by atoms with Gasteiger partial charge in [0.15, 0.2) is 0 Å². The minimum atomic E-state index is -0.951. The van der Waals surface area contributed by atoms with E-state index < -0.39 is 5.41 Å². The van der Waals surface area contributed by atoms with Gasteiger partial charge in [-0.3, -0.25) is 9.97 Å². The predicted molar refractivity (Wildman–Crippen MR) is 238 cm³/mol. The van der Waals surface area contributed by atoms with Crippen molar-refractivity contribution in [2.24, 2.45) is 0 Å². The number of fused-ring (bicyclic) bond motifs is 8. The van der Waals surface area contributed by atoms with Crippen LogP contribution in [0.3, 0.4) is 0 Å². The molecule has 4 aromatic carbocycles. The smallest absolute Gasteiger partial charge is 0.457 e. The van der Waals surface area contributed by atoms with Crippen molar-refractivity contribution in [1.82, 2.24) is 9.97 Å². The van der Waals surface area contributed by atoms with Crippen molar-refractivity contribution in [3.63, 3.8) is 0 Å². The van der Waals surface area contributed by atoms with E-state index in [0.717, 1.165) is 56.5 Å². The summed E-state index contributed by atoms with van der Waals surface area (Å²) in [5, 5.41) is 0. The molecule has 2 aliphatic carbocycles. The van der Waals surface area contributed by atoms with Gasteiger partial charge in [-0.1, -0.05) is 132 Å². The van der Waals surface area contributed by atoms with Crippen LogP contribution >= 0.6 is 0 Å². The molecule has 1 aliphatic heterocycles. The molecule has 0 amide bonds. The van der Waals surface area contributed by atoms with Crippen molar-refractivity contribution in [2.75, 3.05) is 0 Å². The second-order valence-corrected chi connectivity index (χ2v) is 21.4. The number of ether oxygens (including phenoxy) is 1. The average Bonchev–Trinajstić information content (AvgIpc) is 3.17. The molecular formula is C55H58N2OPt. The SMILES string of the molecule is CC(C)(C)c1ccc2c(c1)C(c1ccc3c(n1)-c1[c-]cccc1C(C)(C)C3(C)C)(c1ccc3c(n1)-c1[c-]cccc1C(C)(C)C3(C)C)c1cc(C(C)(C)C)ccc1O2.[Pt+2]. The minimum absolute atomic E-state index is 0. The number of nitrogens with zero attached hydrogens (tertiary/aromatic N) is 2. The third-order valence-corrected chi connectivity index (χ3v) is 15.3. The van der Waals surface area contributed by atoms with Gasteiger partial charge in [-0.2, -0.15) is 0 Å². The zero-order valence-electron chi connectivity index (χ0n) is 37.4. The molecule has 0 saturated carbocycles. The van der Waals surface area contributed by atoms with Crippen LogP contribution in [0.25, 0.3) is 22.5 Å². The summed E-state index contributed by atoms with van der Waals surface area (Å²) in [5.41, 5.74) is 13.7. The molecule has 0 saturated heterocycles. The Morgan fingerprint density at radius 1 is 0.458 bits per heavy atom. The molecule has 0 N–H and O–H groups in total. The Kier molecular flexibility index (Phi) is 9.18. The van der Waals surface area contributed by atoms with E-state index in [-0.39, 0.29) is 53.6 Å². The maximum Gasteiger partial charge on any atom is 2.00 e. The molecule has 3 heterocycles. The van der Waals surface area contributed by atoms with Crippen LogP contribution in [-0.4, -0.2) is 9.97 Å². The van der Waals surface area contributed by atoms with Gasteiger partial charge in [0.25, 0.3) is 0 Å². The van der Waals surface area contributed by atoms with Gasteiger partial charge in [0, 0.05) is 11.1 Å². The fourth-order valence-electron chi connectivity index (χ4n) is 10.1. The molecule has 0 radical (unpaired) electrons. The van der Waals surface area contributed by atoms with Gasteiger partial charge < -0.3 is 4.74 Å². The molecule has 3 nitrogen and oxygen atoms in total. The number of benzene rings is 4. The maximum atomic E-state index is 7.00. The van der Waals surface area contributed by atoms with Crippen molar-refractivity contribution < 1.29 is 25.8 Å². The van der Waals surface area contributed by atoms with Crippen LogP contribution in [0, 0.1) is 12.1 Å². The Morgan fingerprint density at radius 2 is 0.831 bits per heavy atom. The number of hydrogen-bond acceptors (Lipinski definition) is 3. The maximum absolute atomic E-state index is 7.00. The van der Waals surface area contributed by atoms with Crippen LogP contribution in [0.1, 0.15) is 153 Å². The molecule has 6 aromatic rings. The number of hydrogen-bond donors (Lipinski definition) is 0. The summed E-state index contributed by atoms with van der Waals surface area (Å²) in [6.45, 7) is 32.6. The van der Waals surface area contributed by atoms with Crippen LogP contribution in [-0.2, 0) is 59.0 Å². The Balaban J connectivity index is 0.00000484. The first kappa shape index (κ1) is 41.4. The van der Waals surface area contributed by atoms with Gasteiger partial charge in [-0.05, 0) is 91.4 Å². The monoisotopic (exact) mass is 957 g/mol. The Hall–Kier alpha value is -4.33.